The maximum Gasteiger partial charge on any atom is 0.269 e. The Labute approximate surface area is 126 Å². The van der Waals surface area contributed by atoms with Crippen molar-refractivity contribution in [1.82, 2.24) is 0 Å². The second-order valence-corrected chi connectivity index (χ2v) is 4.73. The topological polar surface area (TPSA) is 93.9 Å². The minimum absolute atomic E-state index is 0.0279. The van der Waals surface area contributed by atoms with Crippen LogP contribution >= 0.6 is 0 Å². The highest BCUT2D eigenvalue weighted by molar-refractivity contribution is 5.94. The predicted octanol–water partition coefficient (Wildman–Crippen LogP) is 4.75. The van der Waals surface area contributed by atoms with E-state index in [1.165, 1.54) is 12.1 Å². The summed E-state index contributed by atoms with van der Waals surface area (Å²) >= 11 is 0. The van der Waals surface area contributed by atoms with Crippen LogP contribution < -0.4 is 5.73 Å². The summed E-state index contributed by atoms with van der Waals surface area (Å²) in [5, 5.41) is 20.8. The lowest BCUT2D eigenvalue weighted by atomic mass is 10.1. The molecule has 0 radical (unpaired) electrons. The fraction of sp³-hybridized carbons (Fsp3) is 0. The number of nitro groups is 1. The van der Waals surface area contributed by atoms with E-state index in [1.807, 2.05) is 36.4 Å². The molecule has 0 bridgehead atoms. The number of nitrogens with zero attached hydrogens (tertiary/aromatic N) is 3. The second kappa shape index (κ2) is 5.61. The highest BCUT2D eigenvalue weighted by Crippen LogP contribution is 2.27. The zero-order valence-corrected chi connectivity index (χ0v) is 11.5. The van der Waals surface area contributed by atoms with E-state index < -0.39 is 4.92 Å². The van der Waals surface area contributed by atoms with Crippen LogP contribution in [0, 0.1) is 10.1 Å². The molecule has 0 spiro atoms. The molecule has 3 aromatic carbocycles. The molecule has 0 aromatic heterocycles. The van der Waals surface area contributed by atoms with Crippen molar-refractivity contribution in [2.45, 2.75) is 0 Å². The lowest BCUT2D eigenvalue weighted by Gasteiger charge is -2.02. The average molecular weight is 292 g/mol. The van der Waals surface area contributed by atoms with Gasteiger partial charge in [0.25, 0.3) is 5.69 Å². The van der Waals surface area contributed by atoms with Crippen molar-refractivity contribution in [1.29, 1.82) is 0 Å². The van der Waals surface area contributed by atoms with Gasteiger partial charge in [-0.05, 0) is 35.7 Å². The van der Waals surface area contributed by atoms with Gasteiger partial charge in [0.1, 0.15) is 0 Å². The molecule has 22 heavy (non-hydrogen) atoms. The van der Waals surface area contributed by atoms with Crippen molar-refractivity contribution in [3.63, 3.8) is 0 Å². The van der Waals surface area contributed by atoms with Crippen molar-refractivity contribution >= 4 is 33.5 Å². The van der Waals surface area contributed by atoms with E-state index in [9.17, 15) is 10.1 Å². The van der Waals surface area contributed by atoms with Gasteiger partial charge in [0.15, 0.2) is 0 Å². The molecule has 0 atom stereocenters. The van der Waals surface area contributed by atoms with Crippen LogP contribution in [0.25, 0.3) is 10.8 Å². The van der Waals surface area contributed by atoms with Crippen molar-refractivity contribution in [3.8, 4) is 0 Å². The Balaban J connectivity index is 1.87. The number of non-ortho nitro benzene ring substituents is 1. The molecule has 2 N–H and O–H groups in total. The largest absolute Gasteiger partial charge is 0.398 e. The normalized spacial score (nSPS) is 11.1. The molecule has 0 unspecified atom stereocenters. The monoisotopic (exact) mass is 292 g/mol. The molecular weight excluding hydrogens is 280 g/mol. The molecule has 6 nitrogen and oxygen atoms in total. The molecule has 0 aliphatic carbocycles. The minimum Gasteiger partial charge on any atom is -0.398 e. The summed E-state index contributed by atoms with van der Waals surface area (Å²) in [5.41, 5.74) is 7.89. The van der Waals surface area contributed by atoms with Gasteiger partial charge < -0.3 is 5.73 Å². The minimum atomic E-state index is -0.450. The van der Waals surface area contributed by atoms with Gasteiger partial charge in [0.05, 0.1) is 16.3 Å². The predicted molar refractivity (Wildman–Crippen MR) is 85.6 cm³/mol. The first-order valence-electron chi connectivity index (χ1n) is 6.58. The Morgan fingerprint density at radius 3 is 2.32 bits per heavy atom. The Kier molecular flexibility index (Phi) is 3.49. The summed E-state index contributed by atoms with van der Waals surface area (Å²) in [4.78, 5) is 10.1. The van der Waals surface area contributed by atoms with Crippen LogP contribution in [0.15, 0.2) is 70.9 Å². The Hall–Kier alpha value is -3.28. The van der Waals surface area contributed by atoms with Crippen LogP contribution in [0.2, 0.25) is 0 Å². The van der Waals surface area contributed by atoms with Gasteiger partial charge in [-0.1, -0.05) is 18.2 Å². The van der Waals surface area contributed by atoms with Crippen molar-refractivity contribution < 1.29 is 4.92 Å². The van der Waals surface area contributed by atoms with Gasteiger partial charge in [-0.3, -0.25) is 10.1 Å². The summed E-state index contributed by atoms with van der Waals surface area (Å²) in [6.45, 7) is 0. The van der Waals surface area contributed by atoms with Crippen molar-refractivity contribution in [2.75, 3.05) is 5.73 Å². The number of benzene rings is 3. The summed E-state index contributed by atoms with van der Waals surface area (Å²) in [7, 11) is 0. The molecule has 0 saturated carbocycles. The van der Waals surface area contributed by atoms with E-state index in [0.29, 0.717) is 11.4 Å². The molecule has 0 aliphatic heterocycles. The second-order valence-electron chi connectivity index (χ2n) is 4.73. The summed E-state index contributed by atoms with van der Waals surface area (Å²) in [6.07, 6.45) is 0. The van der Waals surface area contributed by atoms with E-state index in [0.717, 1.165) is 16.5 Å². The molecule has 6 heteroatoms. The van der Waals surface area contributed by atoms with Gasteiger partial charge in [-0.2, -0.15) is 10.2 Å². The van der Waals surface area contributed by atoms with Crippen LogP contribution in [0.3, 0.4) is 0 Å². The van der Waals surface area contributed by atoms with Crippen LogP contribution in [0.4, 0.5) is 22.7 Å². The van der Waals surface area contributed by atoms with Gasteiger partial charge in [-0.15, -0.1) is 0 Å². The Morgan fingerprint density at radius 1 is 0.909 bits per heavy atom. The van der Waals surface area contributed by atoms with E-state index >= 15 is 0 Å². The molecule has 108 valence electrons. The summed E-state index contributed by atoms with van der Waals surface area (Å²) < 4.78 is 0. The highest BCUT2D eigenvalue weighted by atomic mass is 16.6. The Morgan fingerprint density at radius 2 is 1.59 bits per heavy atom. The van der Waals surface area contributed by atoms with Gasteiger partial charge >= 0.3 is 0 Å². The number of nitro benzene ring substituents is 1. The fourth-order valence-corrected chi connectivity index (χ4v) is 2.11. The van der Waals surface area contributed by atoms with Crippen LogP contribution in [0.1, 0.15) is 0 Å². The third-order valence-corrected chi connectivity index (χ3v) is 3.24. The number of fused-ring (bicyclic) bond motifs is 1. The number of hydrogen-bond acceptors (Lipinski definition) is 5. The first-order valence-corrected chi connectivity index (χ1v) is 6.58. The van der Waals surface area contributed by atoms with Crippen LogP contribution in [-0.2, 0) is 0 Å². The first kappa shape index (κ1) is 13.7. The zero-order chi connectivity index (χ0) is 15.5. The smallest absolute Gasteiger partial charge is 0.269 e. The highest BCUT2D eigenvalue weighted by Gasteiger charge is 2.03. The summed E-state index contributed by atoms with van der Waals surface area (Å²) in [6, 6.07) is 17.2. The molecule has 0 heterocycles. The molecule has 0 saturated heterocycles. The van der Waals surface area contributed by atoms with E-state index in [4.69, 9.17) is 5.73 Å². The molecule has 0 aliphatic rings. The third kappa shape index (κ3) is 2.76. The molecule has 0 amide bonds. The molecule has 3 aromatic rings. The first-order chi connectivity index (χ1) is 10.6. The number of hydrogen-bond donors (Lipinski definition) is 1. The number of nitrogen functional groups attached to an aromatic ring is 1. The lowest BCUT2D eigenvalue weighted by molar-refractivity contribution is -0.384. The number of nitrogens with two attached hydrogens (primary N) is 1. The maximum atomic E-state index is 10.6. The molecule has 3 rings (SSSR count). The van der Waals surface area contributed by atoms with Crippen LogP contribution in [0.5, 0.6) is 0 Å². The summed E-state index contributed by atoms with van der Waals surface area (Å²) in [5.74, 6) is 0. The maximum absolute atomic E-state index is 10.6. The quantitative estimate of drug-likeness (QED) is 0.327. The zero-order valence-electron chi connectivity index (χ0n) is 11.5. The van der Waals surface area contributed by atoms with Gasteiger partial charge in [0, 0.05) is 23.2 Å². The van der Waals surface area contributed by atoms with Gasteiger partial charge in [0.2, 0.25) is 0 Å². The number of azo groups is 1. The van der Waals surface area contributed by atoms with Gasteiger partial charge in [-0.25, -0.2) is 0 Å². The molecule has 0 fully saturated rings. The van der Waals surface area contributed by atoms with E-state index in [2.05, 4.69) is 10.2 Å². The fourth-order valence-electron chi connectivity index (χ4n) is 2.11. The standard InChI is InChI=1S/C16H12N4O2/c17-16-3-1-2-11-10-13(6-9-15(11)16)19-18-12-4-7-14(8-5-12)20(21)22/h1-10H,17H2. The van der Waals surface area contributed by atoms with Crippen LogP contribution in [-0.4, -0.2) is 4.92 Å². The third-order valence-electron chi connectivity index (χ3n) is 3.24. The number of anilines is 1. The van der Waals surface area contributed by atoms with Crippen molar-refractivity contribution in [2.24, 2.45) is 10.2 Å². The molecular formula is C16H12N4O2. The average Bonchev–Trinajstić information content (AvgIpc) is 2.53. The van der Waals surface area contributed by atoms with Crippen molar-refractivity contribution in [3.05, 3.63) is 70.8 Å². The SMILES string of the molecule is Nc1cccc2cc(N=Nc3ccc([N+](=O)[O-])cc3)ccc12. The number of rotatable bonds is 3. The lowest BCUT2D eigenvalue weighted by Crippen LogP contribution is -1.85. The van der Waals surface area contributed by atoms with E-state index in [-0.39, 0.29) is 5.69 Å². The Bertz CT molecular complexity index is 873. The van der Waals surface area contributed by atoms with E-state index in [1.54, 1.807) is 12.1 Å².